The molecular formula is C16H32N2. The topological polar surface area (TPSA) is 15.3 Å². The van der Waals surface area contributed by atoms with Gasteiger partial charge in [-0.2, -0.15) is 0 Å². The lowest BCUT2D eigenvalue weighted by Gasteiger charge is -2.38. The quantitative estimate of drug-likeness (QED) is 0.826. The van der Waals surface area contributed by atoms with Gasteiger partial charge in [0.05, 0.1) is 0 Å². The van der Waals surface area contributed by atoms with E-state index in [0.717, 1.165) is 23.9 Å². The van der Waals surface area contributed by atoms with Crippen molar-refractivity contribution in [2.75, 3.05) is 20.1 Å². The predicted octanol–water partition coefficient (Wildman–Crippen LogP) is 3.28. The van der Waals surface area contributed by atoms with Crippen molar-refractivity contribution in [3.63, 3.8) is 0 Å². The molecular weight excluding hydrogens is 220 g/mol. The van der Waals surface area contributed by atoms with Crippen LogP contribution in [0.15, 0.2) is 0 Å². The van der Waals surface area contributed by atoms with E-state index < -0.39 is 0 Å². The van der Waals surface area contributed by atoms with Crippen LogP contribution >= 0.6 is 0 Å². The third kappa shape index (κ3) is 3.96. The zero-order chi connectivity index (χ0) is 13.0. The van der Waals surface area contributed by atoms with Crippen molar-refractivity contribution in [2.24, 2.45) is 11.8 Å². The first kappa shape index (κ1) is 14.3. The second-order valence-corrected chi connectivity index (χ2v) is 6.81. The molecule has 0 spiro atoms. The summed E-state index contributed by atoms with van der Waals surface area (Å²) in [5.74, 6) is 2.02. The van der Waals surface area contributed by atoms with Gasteiger partial charge in [-0.1, -0.05) is 32.6 Å². The fourth-order valence-electron chi connectivity index (χ4n) is 3.78. The molecule has 0 aromatic heterocycles. The van der Waals surface area contributed by atoms with Crippen molar-refractivity contribution in [3.05, 3.63) is 0 Å². The molecule has 1 saturated carbocycles. The highest BCUT2D eigenvalue weighted by molar-refractivity contribution is 4.82. The van der Waals surface area contributed by atoms with Crippen LogP contribution in [0.3, 0.4) is 0 Å². The number of likely N-dealkylation sites (tertiary alicyclic amines) is 1. The highest BCUT2D eigenvalue weighted by Gasteiger charge is 2.25. The Morgan fingerprint density at radius 3 is 2.39 bits per heavy atom. The Morgan fingerprint density at radius 1 is 1.06 bits per heavy atom. The average Bonchev–Trinajstić information content (AvgIpc) is 2.39. The Hall–Kier alpha value is -0.0800. The fraction of sp³-hybridized carbons (Fsp3) is 1.00. The smallest absolute Gasteiger partial charge is 0.00910 e. The van der Waals surface area contributed by atoms with E-state index in [-0.39, 0.29) is 0 Å². The summed E-state index contributed by atoms with van der Waals surface area (Å²) in [5.41, 5.74) is 0. The van der Waals surface area contributed by atoms with Gasteiger partial charge in [-0.15, -0.1) is 0 Å². The number of piperidine rings is 1. The predicted molar refractivity (Wildman–Crippen MR) is 78.9 cm³/mol. The van der Waals surface area contributed by atoms with Crippen LogP contribution in [0.4, 0.5) is 0 Å². The van der Waals surface area contributed by atoms with Crippen LogP contribution < -0.4 is 5.32 Å². The summed E-state index contributed by atoms with van der Waals surface area (Å²) in [4.78, 5) is 2.73. The van der Waals surface area contributed by atoms with E-state index in [4.69, 9.17) is 0 Å². The van der Waals surface area contributed by atoms with Crippen molar-refractivity contribution in [1.82, 2.24) is 10.2 Å². The summed E-state index contributed by atoms with van der Waals surface area (Å²) >= 11 is 0. The summed E-state index contributed by atoms with van der Waals surface area (Å²) in [6.45, 7) is 7.47. The Kier molecular flexibility index (Phi) is 5.50. The summed E-state index contributed by atoms with van der Waals surface area (Å²) in [6, 6.07) is 1.53. The molecule has 0 aromatic carbocycles. The zero-order valence-corrected chi connectivity index (χ0v) is 12.6. The maximum atomic E-state index is 3.44. The Bertz CT molecular complexity index is 233. The highest BCUT2D eigenvalue weighted by atomic mass is 15.2. The third-order valence-corrected chi connectivity index (χ3v) is 5.38. The van der Waals surface area contributed by atoms with E-state index in [0.29, 0.717) is 0 Å². The minimum absolute atomic E-state index is 0.756. The molecule has 2 nitrogen and oxygen atoms in total. The minimum atomic E-state index is 0.756. The molecule has 1 N–H and O–H groups in total. The van der Waals surface area contributed by atoms with Crippen LogP contribution in [-0.4, -0.2) is 37.1 Å². The van der Waals surface area contributed by atoms with Crippen LogP contribution in [0.2, 0.25) is 0 Å². The molecule has 106 valence electrons. The van der Waals surface area contributed by atoms with Gasteiger partial charge in [0, 0.05) is 12.1 Å². The molecule has 2 fully saturated rings. The maximum absolute atomic E-state index is 3.44. The summed E-state index contributed by atoms with van der Waals surface area (Å²) < 4.78 is 0. The normalized spacial score (nSPS) is 38.8. The Balaban J connectivity index is 1.67. The van der Waals surface area contributed by atoms with Crippen LogP contribution in [0.5, 0.6) is 0 Å². The van der Waals surface area contributed by atoms with E-state index in [1.165, 1.54) is 58.0 Å². The minimum Gasteiger partial charge on any atom is -0.317 e. The van der Waals surface area contributed by atoms with Gasteiger partial charge in [0.15, 0.2) is 0 Å². The van der Waals surface area contributed by atoms with Crippen molar-refractivity contribution >= 4 is 0 Å². The van der Waals surface area contributed by atoms with Gasteiger partial charge < -0.3 is 10.2 Å². The van der Waals surface area contributed by atoms with Gasteiger partial charge in [-0.05, 0) is 58.2 Å². The lowest BCUT2D eigenvalue weighted by molar-refractivity contribution is 0.124. The first-order valence-electron chi connectivity index (χ1n) is 8.10. The van der Waals surface area contributed by atoms with Gasteiger partial charge in [-0.3, -0.25) is 0 Å². The van der Waals surface area contributed by atoms with E-state index in [1.807, 2.05) is 0 Å². The molecule has 0 bridgehead atoms. The van der Waals surface area contributed by atoms with Gasteiger partial charge in [0.2, 0.25) is 0 Å². The number of hydrogen-bond donors (Lipinski definition) is 1. The summed E-state index contributed by atoms with van der Waals surface area (Å²) in [5, 5.41) is 3.44. The molecule has 2 atom stereocenters. The molecule has 1 aliphatic carbocycles. The third-order valence-electron chi connectivity index (χ3n) is 5.38. The second-order valence-electron chi connectivity index (χ2n) is 6.81. The van der Waals surface area contributed by atoms with E-state index >= 15 is 0 Å². The van der Waals surface area contributed by atoms with Gasteiger partial charge >= 0.3 is 0 Å². The van der Waals surface area contributed by atoms with Crippen molar-refractivity contribution in [1.29, 1.82) is 0 Å². The SMILES string of the molecule is CNC1CCN(CCC2CCC(C)CC2)C(C)C1. The summed E-state index contributed by atoms with van der Waals surface area (Å²) in [6.07, 6.45) is 10.0. The molecule has 2 aliphatic rings. The van der Waals surface area contributed by atoms with Gasteiger partial charge in [0.1, 0.15) is 0 Å². The first-order chi connectivity index (χ1) is 8.69. The highest BCUT2D eigenvalue weighted by Crippen LogP contribution is 2.31. The number of rotatable bonds is 4. The average molecular weight is 252 g/mol. The van der Waals surface area contributed by atoms with Crippen LogP contribution in [-0.2, 0) is 0 Å². The molecule has 1 heterocycles. The maximum Gasteiger partial charge on any atom is 0.00910 e. The molecule has 2 heteroatoms. The summed E-state index contributed by atoms with van der Waals surface area (Å²) in [7, 11) is 2.11. The van der Waals surface area contributed by atoms with Crippen LogP contribution in [0.1, 0.15) is 58.8 Å². The van der Waals surface area contributed by atoms with Gasteiger partial charge in [-0.25, -0.2) is 0 Å². The number of nitrogens with one attached hydrogen (secondary N) is 1. The fourth-order valence-corrected chi connectivity index (χ4v) is 3.78. The number of hydrogen-bond acceptors (Lipinski definition) is 2. The number of nitrogens with zero attached hydrogens (tertiary/aromatic N) is 1. The zero-order valence-electron chi connectivity index (χ0n) is 12.6. The monoisotopic (exact) mass is 252 g/mol. The van der Waals surface area contributed by atoms with Crippen LogP contribution in [0, 0.1) is 11.8 Å². The molecule has 1 saturated heterocycles. The lowest BCUT2D eigenvalue weighted by Crippen LogP contribution is -2.47. The second kappa shape index (κ2) is 6.91. The Morgan fingerprint density at radius 2 is 1.78 bits per heavy atom. The van der Waals surface area contributed by atoms with E-state index in [2.05, 4.69) is 31.1 Å². The largest absolute Gasteiger partial charge is 0.317 e. The van der Waals surface area contributed by atoms with E-state index in [1.54, 1.807) is 0 Å². The molecule has 2 unspecified atom stereocenters. The first-order valence-corrected chi connectivity index (χ1v) is 8.10. The Labute approximate surface area is 114 Å². The molecule has 0 amide bonds. The molecule has 18 heavy (non-hydrogen) atoms. The van der Waals surface area contributed by atoms with Crippen molar-refractivity contribution < 1.29 is 0 Å². The molecule has 0 radical (unpaired) electrons. The van der Waals surface area contributed by atoms with Crippen LogP contribution in [0.25, 0.3) is 0 Å². The molecule has 0 aromatic rings. The van der Waals surface area contributed by atoms with E-state index in [9.17, 15) is 0 Å². The molecule has 1 aliphatic heterocycles. The van der Waals surface area contributed by atoms with Gasteiger partial charge in [0.25, 0.3) is 0 Å². The van der Waals surface area contributed by atoms with Crippen molar-refractivity contribution in [2.45, 2.75) is 70.9 Å². The lowest BCUT2D eigenvalue weighted by atomic mass is 9.81. The molecule has 2 rings (SSSR count). The standard InChI is InChI=1S/C16H32N2/c1-13-4-6-15(7-5-13)8-10-18-11-9-16(17-3)12-14(18)2/h13-17H,4-12H2,1-3H3. The van der Waals surface area contributed by atoms with Crippen molar-refractivity contribution in [3.8, 4) is 0 Å².